The van der Waals surface area contributed by atoms with Gasteiger partial charge in [-0.05, 0) is 55.4 Å². The van der Waals surface area contributed by atoms with E-state index in [1.807, 2.05) is 0 Å². The van der Waals surface area contributed by atoms with Crippen molar-refractivity contribution < 1.29 is 32.5 Å². The van der Waals surface area contributed by atoms with Gasteiger partial charge in [0.25, 0.3) is 0 Å². The number of ether oxygens (including phenoxy) is 3. The minimum absolute atomic E-state index is 0.0882. The van der Waals surface area contributed by atoms with Gasteiger partial charge in [0.2, 0.25) is 10.0 Å². The Hall–Kier alpha value is -1.88. The fourth-order valence-corrected chi connectivity index (χ4v) is 7.56. The average molecular weight is 553 g/mol. The first-order valence-electron chi connectivity index (χ1n) is 14.2. The summed E-state index contributed by atoms with van der Waals surface area (Å²) in [4.78, 5) is 12.9. The van der Waals surface area contributed by atoms with Crippen LogP contribution in [0.2, 0.25) is 0 Å². The lowest BCUT2D eigenvalue weighted by atomic mass is 9.83. The summed E-state index contributed by atoms with van der Waals surface area (Å²) < 4.78 is 45.0. The number of carbonyl (C=O) groups is 1. The lowest BCUT2D eigenvalue weighted by Gasteiger charge is -2.33. The highest BCUT2D eigenvalue weighted by Gasteiger charge is 2.35. The summed E-state index contributed by atoms with van der Waals surface area (Å²) in [5, 5.41) is 14.4. The number of aliphatic hydroxyl groups is 1. The molecule has 0 bridgehead atoms. The maximum atomic E-state index is 13.8. The fourth-order valence-electron chi connectivity index (χ4n) is 6.02. The Balaban J connectivity index is 1.50. The van der Waals surface area contributed by atoms with Gasteiger partial charge in [0.15, 0.2) is 0 Å². The summed E-state index contributed by atoms with van der Waals surface area (Å²) in [6.45, 7) is 1.20. The van der Waals surface area contributed by atoms with Crippen LogP contribution in [0.15, 0.2) is 29.2 Å². The van der Waals surface area contributed by atoms with Crippen LogP contribution in [0, 0.1) is 11.8 Å². The molecule has 38 heavy (non-hydrogen) atoms. The molecule has 0 radical (unpaired) electrons. The number of hydrogen-bond donors (Lipinski definition) is 2. The zero-order chi connectivity index (χ0) is 27.0. The van der Waals surface area contributed by atoms with E-state index < -0.39 is 28.3 Å². The maximum Gasteiger partial charge on any atom is 0.407 e. The van der Waals surface area contributed by atoms with Gasteiger partial charge < -0.3 is 24.6 Å². The van der Waals surface area contributed by atoms with Crippen LogP contribution in [-0.2, 0) is 19.5 Å². The minimum Gasteiger partial charge on any atom is -0.497 e. The van der Waals surface area contributed by atoms with Gasteiger partial charge in [0.05, 0.1) is 37.4 Å². The molecule has 1 aromatic carbocycles. The number of amides is 1. The Labute approximate surface area is 227 Å². The van der Waals surface area contributed by atoms with E-state index in [1.165, 1.54) is 17.8 Å². The van der Waals surface area contributed by atoms with E-state index >= 15 is 0 Å². The molecule has 2 unspecified atom stereocenters. The van der Waals surface area contributed by atoms with E-state index in [0.29, 0.717) is 44.3 Å². The Morgan fingerprint density at radius 1 is 1.05 bits per heavy atom. The monoisotopic (exact) mass is 552 g/mol. The summed E-state index contributed by atoms with van der Waals surface area (Å²) in [7, 11) is -2.33. The van der Waals surface area contributed by atoms with Gasteiger partial charge in [0, 0.05) is 19.5 Å². The Kier molecular flexibility index (Phi) is 10.7. The predicted molar refractivity (Wildman–Crippen MR) is 144 cm³/mol. The number of alkyl carbamates (subject to hydrolysis) is 1. The quantitative estimate of drug-likeness (QED) is 0.401. The fraction of sp³-hybridized carbons (Fsp3) is 0.750. The predicted octanol–water partition coefficient (Wildman–Crippen LogP) is 4.09. The van der Waals surface area contributed by atoms with E-state index in [-0.39, 0.29) is 23.5 Å². The lowest BCUT2D eigenvalue weighted by Crippen LogP contribution is -2.51. The van der Waals surface area contributed by atoms with Crippen LogP contribution in [0.5, 0.6) is 5.75 Å². The van der Waals surface area contributed by atoms with Crippen LogP contribution >= 0.6 is 0 Å². The van der Waals surface area contributed by atoms with Crippen molar-refractivity contribution in [1.29, 1.82) is 0 Å². The van der Waals surface area contributed by atoms with Crippen molar-refractivity contribution in [2.45, 2.75) is 93.8 Å². The highest BCUT2D eigenvalue weighted by atomic mass is 32.2. The Bertz CT molecular complexity index is 969. The minimum atomic E-state index is -3.87. The number of nitrogens with one attached hydrogen (secondary N) is 1. The zero-order valence-corrected chi connectivity index (χ0v) is 23.4. The molecule has 4 rings (SSSR count). The van der Waals surface area contributed by atoms with E-state index in [9.17, 15) is 18.3 Å². The topological polar surface area (TPSA) is 114 Å². The van der Waals surface area contributed by atoms with Crippen molar-refractivity contribution in [3.05, 3.63) is 24.3 Å². The lowest BCUT2D eigenvalue weighted by molar-refractivity contribution is 0.0579. The van der Waals surface area contributed by atoms with Gasteiger partial charge in [0.1, 0.15) is 11.9 Å². The maximum absolute atomic E-state index is 13.8. The second-order valence-electron chi connectivity index (χ2n) is 11.1. The van der Waals surface area contributed by atoms with Gasteiger partial charge in [-0.25, -0.2) is 13.2 Å². The van der Waals surface area contributed by atoms with E-state index in [1.54, 1.807) is 24.3 Å². The van der Waals surface area contributed by atoms with Gasteiger partial charge in [-0.2, -0.15) is 4.31 Å². The summed E-state index contributed by atoms with van der Waals surface area (Å²) in [5.41, 5.74) is 0. The molecule has 3 atom stereocenters. The molecule has 3 aliphatic rings. The highest BCUT2D eigenvalue weighted by molar-refractivity contribution is 7.89. The smallest absolute Gasteiger partial charge is 0.407 e. The number of rotatable bonds is 12. The molecule has 1 saturated heterocycles. The van der Waals surface area contributed by atoms with Crippen molar-refractivity contribution in [2.24, 2.45) is 11.8 Å². The molecule has 1 heterocycles. The summed E-state index contributed by atoms with van der Waals surface area (Å²) >= 11 is 0. The van der Waals surface area contributed by atoms with Crippen LogP contribution < -0.4 is 10.1 Å². The largest absolute Gasteiger partial charge is 0.497 e. The molecule has 1 aliphatic heterocycles. The van der Waals surface area contributed by atoms with Crippen molar-refractivity contribution in [2.75, 3.05) is 33.4 Å². The van der Waals surface area contributed by atoms with Crippen molar-refractivity contribution in [1.82, 2.24) is 9.62 Å². The van der Waals surface area contributed by atoms with Crippen LogP contribution in [-0.4, -0.2) is 75.6 Å². The molecular formula is C28H44N2O7S. The van der Waals surface area contributed by atoms with Gasteiger partial charge in [-0.15, -0.1) is 0 Å². The van der Waals surface area contributed by atoms with E-state index in [4.69, 9.17) is 14.2 Å². The first kappa shape index (κ1) is 29.1. The van der Waals surface area contributed by atoms with Crippen LogP contribution in [0.25, 0.3) is 0 Å². The molecule has 2 N–H and O–H groups in total. The molecule has 10 heteroatoms. The number of hydrogen-bond acceptors (Lipinski definition) is 7. The second-order valence-corrected chi connectivity index (χ2v) is 13.0. The van der Waals surface area contributed by atoms with Crippen LogP contribution in [0.1, 0.15) is 70.6 Å². The third-order valence-corrected chi connectivity index (χ3v) is 10.1. The van der Waals surface area contributed by atoms with E-state index in [0.717, 1.165) is 51.4 Å². The number of nitrogens with zero attached hydrogens (tertiary/aromatic N) is 1. The molecule has 2 saturated carbocycles. The molecular weight excluding hydrogens is 508 g/mol. The normalized spacial score (nSPS) is 22.9. The summed E-state index contributed by atoms with van der Waals surface area (Å²) in [6.07, 6.45) is 9.00. The van der Waals surface area contributed by atoms with Crippen molar-refractivity contribution in [3.8, 4) is 5.75 Å². The Morgan fingerprint density at radius 2 is 1.71 bits per heavy atom. The molecule has 3 fully saturated rings. The molecule has 1 aromatic rings. The first-order chi connectivity index (χ1) is 18.3. The number of carbonyl (C=O) groups excluding carboxylic acids is 1. The van der Waals surface area contributed by atoms with Crippen molar-refractivity contribution >= 4 is 16.1 Å². The van der Waals surface area contributed by atoms with Gasteiger partial charge >= 0.3 is 6.09 Å². The first-order valence-corrected chi connectivity index (χ1v) is 15.7. The summed E-state index contributed by atoms with van der Waals surface area (Å²) in [5.74, 6) is 1.21. The average Bonchev–Trinajstić information content (AvgIpc) is 3.63. The number of sulfonamides is 1. The third kappa shape index (κ3) is 8.07. The number of benzene rings is 1. The zero-order valence-electron chi connectivity index (χ0n) is 22.6. The second kappa shape index (κ2) is 14.0. The number of methoxy groups -OCH3 is 1. The van der Waals surface area contributed by atoms with Gasteiger partial charge in [-0.3, -0.25) is 0 Å². The van der Waals surface area contributed by atoms with Crippen molar-refractivity contribution in [3.63, 3.8) is 0 Å². The molecule has 2 aliphatic carbocycles. The highest BCUT2D eigenvalue weighted by Crippen LogP contribution is 2.31. The SMILES string of the molecule is COc1ccc(S(=O)(=O)N(CC2CCCC2)C[C@H](O)C(CC2CCCCC2)NC(=O)OC2CCOC2)cc1. The molecule has 0 spiro atoms. The van der Waals surface area contributed by atoms with Crippen LogP contribution in [0.3, 0.4) is 0 Å². The molecule has 214 valence electrons. The van der Waals surface area contributed by atoms with Gasteiger partial charge in [-0.1, -0.05) is 44.9 Å². The Morgan fingerprint density at radius 3 is 2.34 bits per heavy atom. The van der Waals surface area contributed by atoms with E-state index in [2.05, 4.69) is 5.32 Å². The standard InChI is InChI=1S/C28H44N2O7S/c1-35-23-11-13-25(14-12-23)38(33,34)30(18-22-9-5-6-10-22)19-27(31)26(17-21-7-3-2-4-8-21)29-28(32)37-24-15-16-36-20-24/h11-14,21-22,24,26-27,31H,2-10,15-20H2,1H3,(H,29,32)/t24?,26?,27-/m0/s1. The third-order valence-electron chi connectivity index (χ3n) is 8.27. The molecule has 9 nitrogen and oxygen atoms in total. The number of aliphatic hydroxyl groups excluding tert-OH is 1. The molecule has 0 aromatic heterocycles. The van der Waals surface area contributed by atoms with Crippen LogP contribution in [0.4, 0.5) is 4.79 Å². The molecule has 1 amide bonds. The summed E-state index contributed by atoms with van der Waals surface area (Å²) in [6, 6.07) is 5.74.